The average molecular weight is 291 g/mol. The zero-order valence-electron chi connectivity index (χ0n) is 14.6. The van der Waals surface area contributed by atoms with Crippen LogP contribution < -0.4 is 0 Å². The number of carbonyl (C=O) groups is 1. The molecule has 0 N–H and O–H groups in total. The lowest BCUT2D eigenvalue weighted by molar-refractivity contribution is -0.134. The highest BCUT2D eigenvalue weighted by Gasteiger charge is 2.27. The van der Waals surface area contributed by atoms with E-state index in [2.05, 4.69) is 44.7 Å². The summed E-state index contributed by atoms with van der Waals surface area (Å²) in [6.45, 7) is 12.4. The quantitative estimate of drug-likeness (QED) is 0.550. The third kappa shape index (κ3) is 7.50. The van der Waals surface area contributed by atoms with Crippen LogP contribution in [0.1, 0.15) is 66.7 Å². The molecule has 0 heterocycles. The van der Waals surface area contributed by atoms with Crippen molar-refractivity contribution >= 4 is 5.91 Å². The largest absolute Gasteiger partial charge is 0.338 e. The third-order valence-electron chi connectivity index (χ3n) is 4.27. The summed E-state index contributed by atoms with van der Waals surface area (Å²) in [5, 5.41) is 0. The van der Waals surface area contributed by atoms with Gasteiger partial charge in [-0.2, -0.15) is 0 Å². The molecule has 1 fully saturated rings. The number of allylic oxidation sites excluding steroid dienone is 3. The zero-order valence-corrected chi connectivity index (χ0v) is 14.6. The molecule has 0 aliphatic heterocycles. The summed E-state index contributed by atoms with van der Waals surface area (Å²) < 4.78 is 0. The second-order valence-corrected chi connectivity index (χ2v) is 6.87. The van der Waals surface area contributed by atoms with Crippen molar-refractivity contribution in [3.8, 4) is 0 Å². The molecule has 0 radical (unpaired) electrons. The normalized spacial score (nSPS) is 16.5. The van der Waals surface area contributed by atoms with Gasteiger partial charge in [0.2, 0.25) is 5.91 Å². The minimum absolute atomic E-state index is 0.156. The van der Waals surface area contributed by atoms with Crippen LogP contribution in [0, 0.1) is 11.8 Å². The van der Waals surface area contributed by atoms with Crippen molar-refractivity contribution in [2.45, 2.75) is 66.7 Å². The highest BCUT2D eigenvalue weighted by atomic mass is 16.2. The van der Waals surface area contributed by atoms with Crippen molar-refractivity contribution in [3.63, 3.8) is 0 Å². The second kappa shape index (κ2) is 9.07. The van der Waals surface area contributed by atoms with Crippen LogP contribution in [-0.2, 0) is 4.79 Å². The van der Waals surface area contributed by atoms with Crippen molar-refractivity contribution in [1.82, 2.24) is 4.90 Å². The van der Waals surface area contributed by atoms with Gasteiger partial charge >= 0.3 is 0 Å². The van der Waals surface area contributed by atoms with E-state index < -0.39 is 0 Å². The fraction of sp³-hybridized carbons (Fsp3) is 0.737. The van der Waals surface area contributed by atoms with E-state index in [9.17, 15) is 4.79 Å². The minimum Gasteiger partial charge on any atom is -0.338 e. The molecule has 2 heteroatoms. The molecule has 0 aromatic carbocycles. The van der Waals surface area contributed by atoms with Crippen LogP contribution in [-0.4, -0.2) is 23.9 Å². The topological polar surface area (TPSA) is 20.3 Å². The average Bonchev–Trinajstić information content (AvgIpc) is 3.25. The smallest absolute Gasteiger partial charge is 0.225 e. The Bertz CT molecular complexity index is 386. The van der Waals surface area contributed by atoms with E-state index in [1.54, 1.807) is 0 Å². The summed E-state index contributed by atoms with van der Waals surface area (Å²) in [6.07, 6.45) is 10.3. The Hall–Kier alpha value is -1.05. The molecule has 1 aliphatic carbocycles. The van der Waals surface area contributed by atoms with Gasteiger partial charge < -0.3 is 4.90 Å². The first-order chi connectivity index (χ1) is 9.93. The van der Waals surface area contributed by atoms with E-state index in [-0.39, 0.29) is 5.92 Å². The summed E-state index contributed by atoms with van der Waals surface area (Å²) >= 11 is 0. The molecular formula is C19H33NO. The summed E-state index contributed by atoms with van der Waals surface area (Å²) in [7, 11) is 0. The van der Waals surface area contributed by atoms with Crippen LogP contribution in [0.3, 0.4) is 0 Å². The molecule has 1 rings (SSSR count). The fourth-order valence-electron chi connectivity index (χ4n) is 2.31. The monoisotopic (exact) mass is 291 g/mol. The van der Waals surface area contributed by atoms with Crippen molar-refractivity contribution in [3.05, 3.63) is 23.3 Å². The van der Waals surface area contributed by atoms with Gasteiger partial charge in [0.15, 0.2) is 0 Å². The highest BCUT2D eigenvalue weighted by molar-refractivity contribution is 5.78. The molecule has 120 valence electrons. The molecule has 21 heavy (non-hydrogen) atoms. The van der Waals surface area contributed by atoms with Gasteiger partial charge in [0.25, 0.3) is 0 Å². The Kier molecular flexibility index (Phi) is 7.77. The van der Waals surface area contributed by atoms with Gasteiger partial charge in [-0.05, 0) is 58.8 Å². The number of rotatable bonds is 9. The minimum atomic E-state index is 0.156. The summed E-state index contributed by atoms with van der Waals surface area (Å²) in [6, 6.07) is 0. The predicted molar refractivity (Wildman–Crippen MR) is 91.2 cm³/mol. The van der Waals surface area contributed by atoms with E-state index in [4.69, 9.17) is 0 Å². The van der Waals surface area contributed by atoms with Gasteiger partial charge in [0, 0.05) is 19.0 Å². The van der Waals surface area contributed by atoms with Crippen molar-refractivity contribution < 1.29 is 4.79 Å². The molecule has 1 saturated carbocycles. The first kappa shape index (κ1) is 18.0. The number of nitrogens with zero attached hydrogens (tertiary/aromatic N) is 1. The second-order valence-electron chi connectivity index (χ2n) is 6.87. The number of carbonyl (C=O) groups excluding carboxylic acids is 1. The number of hydrogen-bond donors (Lipinski definition) is 0. The van der Waals surface area contributed by atoms with Crippen LogP contribution in [0.15, 0.2) is 23.3 Å². The van der Waals surface area contributed by atoms with Crippen LogP contribution in [0.2, 0.25) is 0 Å². The maximum Gasteiger partial charge on any atom is 0.225 e. The van der Waals surface area contributed by atoms with E-state index in [1.165, 1.54) is 24.0 Å². The van der Waals surface area contributed by atoms with Crippen molar-refractivity contribution in [2.24, 2.45) is 11.8 Å². The van der Waals surface area contributed by atoms with Gasteiger partial charge in [-0.3, -0.25) is 4.79 Å². The van der Waals surface area contributed by atoms with Gasteiger partial charge in [-0.25, -0.2) is 0 Å². The lowest BCUT2D eigenvalue weighted by Crippen LogP contribution is -2.36. The standard InChI is InChI=1S/C19H33NO/c1-6-17(5)19(21)20(14-18-10-11-18)13-12-16(4)9-7-8-15(2)3/h8,12,17-18H,6-7,9-11,13-14H2,1-5H3. The lowest BCUT2D eigenvalue weighted by Gasteiger charge is -2.24. The Morgan fingerprint density at radius 2 is 1.90 bits per heavy atom. The molecule has 0 bridgehead atoms. The highest BCUT2D eigenvalue weighted by Crippen LogP contribution is 2.30. The molecule has 0 spiro atoms. The van der Waals surface area contributed by atoms with E-state index >= 15 is 0 Å². The molecule has 1 atom stereocenters. The molecule has 0 aromatic rings. The van der Waals surface area contributed by atoms with Gasteiger partial charge in [0.05, 0.1) is 0 Å². The Morgan fingerprint density at radius 1 is 1.24 bits per heavy atom. The zero-order chi connectivity index (χ0) is 15.8. The SMILES string of the molecule is CCC(C)C(=O)N(CC=C(C)CCC=C(C)C)CC1CC1. The van der Waals surface area contributed by atoms with Crippen LogP contribution in [0.4, 0.5) is 0 Å². The maximum absolute atomic E-state index is 12.4. The molecule has 0 aromatic heterocycles. The van der Waals surface area contributed by atoms with Crippen LogP contribution in [0.5, 0.6) is 0 Å². The molecule has 1 amide bonds. The van der Waals surface area contributed by atoms with Crippen LogP contribution in [0.25, 0.3) is 0 Å². The molecule has 0 saturated heterocycles. The summed E-state index contributed by atoms with van der Waals surface area (Å²) in [5.41, 5.74) is 2.77. The van der Waals surface area contributed by atoms with Gasteiger partial charge in [0.1, 0.15) is 0 Å². The van der Waals surface area contributed by atoms with Gasteiger partial charge in [-0.1, -0.05) is 37.1 Å². The van der Waals surface area contributed by atoms with Crippen LogP contribution >= 0.6 is 0 Å². The molecule has 1 unspecified atom stereocenters. The van der Waals surface area contributed by atoms with Gasteiger partial charge in [-0.15, -0.1) is 0 Å². The van der Waals surface area contributed by atoms with E-state index in [0.717, 1.165) is 38.3 Å². The fourth-order valence-corrected chi connectivity index (χ4v) is 2.31. The van der Waals surface area contributed by atoms with E-state index in [0.29, 0.717) is 5.91 Å². The van der Waals surface area contributed by atoms with E-state index in [1.807, 2.05) is 6.92 Å². The van der Waals surface area contributed by atoms with Crippen molar-refractivity contribution in [1.29, 1.82) is 0 Å². The maximum atomic E-state index is 12.4. The predicted octanol–water partition coefficient (Wildman–Crippen LogP) is 4.96. The first-order valence-corrected chi connectivity index (χ1v) is 8.51. The summed E-state index contributed by atoms with van der Waals surface area (Å²) in [5.74, 6) is 1.25. The Balaban J connectivity index is 2.50. The number of hydrogen-bond acceptors (Lipinski definition) is 1. The lowest BCUT2D eigenvalue weighted by atomic mass is 10.1. The summed E-state index contributed by atoms with van der Waals surface area (Å²) in [4.78, 5) is 14.5. The Morgan fingerprint density at radius 3 is 2.43 bits per heavy atom. The number of amides is 1. The molecule has 2 nitrogen and oxygen atoms in total. The molecular weight excluding hydrogens is 258 g/mol. The Labute approximate surface area is 131 Å². The third-order valence-corrected chi connectivity index (χ3v) is 4.27. The molecule has 1 aliphatic rings. The first-order valence-electron chi connectivity index (χ1n) is 8.51. The van der Waals surface area contributed by atoms with Crippen molar-refractivity contribution in [2.75, 3.05) is 13.1 Å².